The number of carbonyl (C=O) groups is 2. The number of nitrogens with one attached hydrogen (secondary N) is 2. The Bertz CT molecular complexity index is 946. The molecule has 2 fully saturated rings. The summed E-state index contributed by atoms with van der Waals surface area (Å²) in [6, 6.07) is 15.4. The largest absolute Gasteiger partial charge is 0.326 e. The maximum atomic E-state index is 13.1. The summed E-state index contributed by atoms with van der Waals surface area (Å²) in [5.41, 5.74) is 3.36. The number of hydrogen-bond acceptors (Lipinski definition) is 3. The van der Waals surface area contributed by atoms with Crippen LogP contribution in [0.15, 0.2) is 48.5 Å². The van der Waals surface area contributed by atoms with E-state index >= 15 is 0 Å². The summed E-state index contributed by atoms with van der Waals surface area (Å²) in [5, 5.41) is 6.55. The van der Waals surface area contributed by atoms with Crippen LogP contribution in [0.25, 0.3) is 0 Å². The van der Waals surface area contributed by atoms with Gasteiger partial charge in [-0.2, -0.15) is 0 Å². The molecule has 0 aromatic heterocycles. The second-order valence-corrected chi connectivity index (χ2v) is 8.60. The Kier molecular flexibility index (Phi) is 5.85. The van der Waals surface area contributed by atoms with Gasteiger partial charge >= 0.3 is 0 Å². The molecule has 1 saturated carbocycles. The lowest BCUT2D eigenvalue weighted by atomic mass is 9.67. The fraction of sp³-hybridized carbons (Fsp3) is 0.417. The first-order chi connectivity index (χ1) is 14.2. The third-order valence-electron chi connectivity index (χ3n) is 7.01. The molecule has 0 bridgehead atoms. The molecule has 2 aliphatic heterocycles. The van der Waals surface area contributed by atoms with Crippen molar-refractivity contribution in [3.63, 3.8) is 0 Å². The van der Waals surface area contributed by atoms with Gasteiger partial charge in [0, 0.05) is 30.0 Å². The van der Waals surface area contributed by atoms with Crippen LogP contribution >= 0.6 is 12.4 Å². The molecule has 2 amide bonds. The summed E-state index contributed by atoms with van der Waals surface area (Å²) in [7, 11) is 0. The zero-order valence-electron chi connectivity index (χ0n) is 17.0. The van der Waals surface area contributed by atoms with Gasteiger partial charge in [0.2, 0.25) is 5.91 Å². The highest BCUT2D eigenvalue weighted by molar-refractivity contribution is 6.07. The Labute approximate surface area is 183 Å². The number of benzene rings is 2. The van der Waals surface area contributed by atoms with Crippen LogP contribution in [-0.2, 0) is 11.2 Å². The number of hydrogen-bond donors (Lipinski definition) is 2. The van der Waals surface area contributed by atoms with Gasteiger partial charge < -0.3 is 15.5 Å². The van der Waals surface area contributed by atoms with Gasteiger partial charge in [-0.05, 0) is 67.6 Å². The molecular formula is C24H28ClN3O2. The van der Waals surface area contributed by atoms with Crippen molar-refractivity contribution in [3.8, 4) is 0 Å². The fourth-order valence-corrected chi connectivity index (χ4v) is 5.35. The fourth-order valence-electron chi connectivity index (χ4n) is 5.35. The van der Waals surface area contributed by atoms with Gasteiger partial charge in [-0.3, -0.25) is 9.59 Å². The second-order valence-electron chi connectivity index (χ2n) is 8.60. The van der Waals surface area contributed by atoms with Crippen LogP contribution in [0.2, 0.25) is 0 Å². The van der Waals surface area contributed by atoms with Crippen molar-refractivity contribution in [2.24, 2.45) is 11.3 Å². The summed E-state index contributed by atoms with van der Waals surface area (Å²) in [4.78, 5) is 27.9. The standard InChI is InChI=1S/C24H27N3O2.ClH/c28-22(27-14-12-17-5-1-2-7-21(17)27)18-8-10-20(11-9-18)26-23(29)24-13-4-3-6-19(24)15-25-16-24;/h1-2,5,7-11,19,25H,3-4,6,12-16H2,(H,26,29);1H/t19-,24+;/m0./s1. The van der Waals surface area contributed by atoms with E-state index in [0.29, 0.717) is 18.0 Å². The van der Waals surface area contributed by atoms with Crippen LogP contribution in [-0.4, -0.2) is 31.4 Å². The molecule has 5 nitrogen and oxygen atoms in total. The van der Waals surface area contributed by atoms with Crippen molar-refractivity contribution < 1.29 is 9.59 Å². The lowest BCUT2D eigenvalue weighted by molar-refractivity contribution is -0.128. The number of nitrogens with zero attached hydrogens (tertiary/aromatic N) is 1. The van der Waals surface area contributed by atoms with Gasteiger partial charge in [0.15, 0.2) is 0 Å². The summed E-state index contributed by atoms with van der Waals surface area (Å²) in [6.07, 6.45) is 5.33. The molecule has 0 radical (unpaired) electrons. The second kappa shape index (κ2) is 8.40. The van der Waals surface area contributed by atoms with E-state index in [4.69, 9.17) is 0 Å². The van der Waals surface area contributed by atoms with E-state index in [2.05, 4.69) is 16.7 Å². The monoisotopic (exact) mass is 425 g/mol. The summed E-state index contributed by atoms with van der Waals surface area (Å²) >= 11 is 0. The van der Waals surface area contributed by atoms with Gasteiger partial charge in [0.25, 0.3) is 5.91 Å². The number of halogens is 1. The molecule has 0 spiro atoms. The normalized spacial score (nSPS) is 24.5. The summed E-state index contributed by atoms with van der Waals surface area (Å²) in [6.45, 7) is 2.43. The summed E-state index contributed by atoms with van der Waals surface area (Å²) < 4.78 is 0. The quantitative estimate of drug-likeness (QED) is 0.780. The average molecular weight is 426 g/mol. The van der Waals surface area contributed by atoms with E-state index in [1.807, 2.05) is 47.4 Å². The molecule has 5 rings (SSSR count). The molecule has 6 heteroatoms. The Balaban J connectivity index is 0.00000218. The van der Waals surface area contributed by atoms with Crippen LogP contribution in [0.3, 0.4) is 0 Å². The molecule has 2 aromatic carbocycles. The Hall–Kier alpha value is -2.37. The highest BCUT2D eigenvalue weighted by Gasteiger charge is 2.49. The van der Waals surface area contributed by atoms with Gasteiger partial charge in [0.05, 0.1) is 5.41 Å². The SMILES string of the molecule is Cl.O=C(c1ccc(NC(=O)[C@@]23CCCC[C@H]2CNC3)cc1)N1CCc2ccccc21. The van der Waals surface area contributed by atoms with Crippen molar-refractivity contribution in [1.82, 2.24) is 5.32 Å². The van der Waals surface area contributed by atoms with E-state index in [0.717, 1.165) is 50.1 Å². The van der Waals surface area contributed by atoms with Crippen molar-refractivity contribution in [2.45, 2.75) is 32.1 Å². The van der Waals surface area contributed by atoms with E-state index < -0.39 is 0 Å². The molecule has 158 valence electrons. The minimum Gasteiger partial charge on any atom is -0.326 e. The topological polar surface area (TPSA) is 61.4 Å². The predicted octanol–water partition coefficient (Wildman–Crippen LogP) is 4.03. The third-order valence-corrected chi connectivity index (χ3v) is 7.01. The van der Waals surface area contributed by atoms with Gasteiger partial charge in [-0.1, -0.05) is 31.0 Å². The summed E-state index contributed by atoms with van der Waals surface area (Å²) in [5.74, 6) is 0.575. The number of anilines is 2. The van der Waals surface area contributed by atoms with E-state index in [1.54, 1.807) is 0 Å². The predicted molar refractivity (Wildman–Crippen MR) is 121 cm³/mol. The van der Waals surface area contributed by atoms with Crippen molar-refractivity contribution in [2.75, 3.05) is 29.9 Å². The van der Waals surface area contributed by atoms with E-state index in [-0.39, 0.29) is 29.6 Å². The Morgan fingerprint density at radius 2 is 1.87 bits per heavy atom. The van der Waals surface area contributed by atoms with Crippen molar-refractivity contribution >= 4 is 35.6 Å². The van der Waals surface area contributed by atoms with E-state index in [9.17, 15) is 9.59 Å². The first-order valence-corrected chi connectivity index (χ1v) is 10.7. The average Bonchev–Trinajstić information content (AvgIpc) is 3.39. The van der Waals surface area contributed by atoms with Crippen LogP contribution in [0, 0.1) is 11.3 Å². The molecule has 1 saturated heterocycles. The number of fused-ring (bicyclic) bond motifs is 2. The first kappa shape index (κ1) is 20.9. The minimum absolute atomic E-state index is 0. The smallest absolute Gasteiger partial charge is 0.258 e. The zero-order chi connectivity index (χ0) is 19.8. The molecule has 0 unspecified atom stereocenters. The lowest BCUT2D eigenvalue weighted by Gasteiger charge is -2.37. The van der Waals surface area contributed by atoms with Gasteiger partial charge in [-0.15, -0.1) is 12.4 Å². The molecule has 3 aliphatic rings. The van der Waals surface area contributed by atoms with Gasteiger partial charge in [0.1, 0.15) is 0 Å². The number of amides is 2. The Morgan fingerprint density at radius 3 is 2.70 bits per heavy atom. The van der Waals surface area contributed by atoms with Crippen molar-refractivity contribution in [1.29, 1.82) is 0 Å². The Morgan fingerprint density at radius 1 is 1.07 bits per heavy atom. The first-order valence-electron chi connectivity index (χ1n) is 10.7. The molecule has 2 atom stereocenters. The van der Waals surface area contributed by atoms with Crippen LogP contribution < -0.4 is 15.5 Å². The molecule has 2 N–H and O–H groups in total. The molecule has 30 heavy (non-hydrogen) atoms. The highest BCUT2D eigenvalue weighted by atomic mass is 35.5. The zero-order valence-corrected chi connectivity index (χ0v) is 17.8. The number of para-hydroxylation sites is 1. The number of rotatable bonds is 3. The van der Waals surface area contributed by atoms with Gasteiger partial charge in [-0.25, -0.2) is 0 Å². The molecular weight excluding hydrogens is 398 g/mol. The van der Waals surface area contributed by atoms with Crippen LogP contribution in [0.1, 0.15) is 41.6 Å². The van der Waals surface area contributed by atoms with E-state index in [1.165, 1.54) is 12.0 Å². The van der Waals surface area contributed by atoms with Crippen LogP contribution in [0.4, 0.5) is 11.4 Å². The van der Waals surface area contributed by atoms with Crippen LogP contribution in [0.5, 0.6) is 0 Å². The molecule has 1 aliphatic carbocycles. The molecule has 2 heterocycles. The maximum Gasteiger partial charge on any atom is 0.258 e. The molecule has 2 aromatic rings. The third kappa shape index (κ3) is 3.50. The minimum atomic E-state index is -0.272. The highest BCUT2D eigenvalue weighted by Crippen LogP contribution is 2.44. The maximum absolute atomic E-state index is 13.1. The number of carbonyl (C=O) groups excluding carboxylic acids is 2. The lowest BCUT2D eigenvalue weighted by Crippen LogP contribution is -2.44. The van der Waals surface area contributed by atoms with Crippen molar-refractivity contribution in [3.05, 3.63) is 59.7 Å².